The Labute approximate surface area is 226 Å². The zero-order valence-electron chi connectivity index (χ0n) is 24.0. The van der Waals surface area contributed by atoms with Gasteiger partial charge in [-0.2, -0.15) is 0 Å². The first-order valence-corrected chi connectivity index (χ1v) is 15.6. The van der Waals surface area contributed by atoms with E-state index in [0.29, 0.717) is 31.5 Å². The standard InChI is InChI=1S/C27H50N5O4S/c1-26(2)17-21(27(3,4)32(26)35)25(34)30(6)15-11-8-7-10-14-29(5)24(33)13-9-12-16-31-20-28-22-18-37(36)19-23(22)31/h21-23,28H,7-20H2,1-6H3/q-1/t21?,22-,23+,37?/m1/s1. The number of rotatable bonds is 13. The van der Waals surface area contributed by atoms with Crippen LogP contribution in [0.4, 0.5) is 0 Å². The van der Waals surface area contributed by atoms with Crippen molar-refractivity contribution in [3.8, 4) is 0 Å². The quantitative estimate of drug-likeness (QED) is 0.358. The lowest BCUT2D eigenvalue weighted by Gasteiger charge is -2.47. The normalized spacial score (nSPS) is 28.9. The first kappa shape index (κ1) is 30.5. The van der Waals surface area contributed by atoms with Gasteiger partial charge in [0.1, 0.15) is 0 Å². The number of carbonyl (C=O) groups excluding carboxylic acids is 2. The molecular formula is C27H50N5O4S-. The summed E-state index contributed by atoms with van der Waals surface area (Å²) in [6, 6.07) is 0.785. The summed E-state index contributed by atoms with van der Waals surface area (Å²) >= 11 is 0. The molecule has 0 spiro atoms. The highest BCUT2D eigenvalue weighted by Gasteiger charge is 2.50. The van der Waals surface area contributed by atoms with Gasteiger partial charge in [-0.1, -0.05) is 12.8 Å². The lowest BCUT2D eigenvalue weighted by atomic mass is 9.86. The SMILES string of the molecule is CN(CCCCCCN(C)C(=O)C1CC(C)(C)N([O-])C1(C)C)C(=O)CCCCN1CN[C@@H]2CS(=O)C[C@@H]21. The van der Waals surface area contributed by atoms with Crippen LogP contribution in [0.5, 0.6) is 0 Å². The van der Waals surface area contributed by atoms with E-state index in [4.69, 9.17) is 0 Å². The van der Waals surface area contributed by atoms with Gasteiger partial charge in [0.25, 0.3) is 0 Å². The van der Waals surface area contributed by atoms with Crippen molar-refractivity contribution in [2.24, 2.45) is 5.92 Å². The van der Waals surface area contributed by atoms with Crippen molar-refractivity contribution in [2.45, 2.75) is 102 Å². The van der Waals surface area contributed by atoms with E-state index in [-0.39, 0.29) is 17.7 Å². The fourth-order valence-corrected chi connectivity index (χ4v) is 8.02. The number of nitrogens with zero attached hydrogens (tertiary/aromatic N) is 4. The van der Waals surface area contributed by atoms with Gasteiger partial charge in [-0.25, -0.2) is 0 Å². The number of hydroxylamine groups is 2. The van der Waals surface area contributed by atoms with Crippen LogP contribution in [-0.2, 0) is 20.4 Å². The molecule has 3 rings (SSSR count). The summed E-state index contributed by atoms with van der Waals surface area (Å²) in [5, 5.41) is 17.2. The van der Waals surface area contributed by atoms with Crippen molar-refractivity contribution in [3.05, 3.63) is 5.21 Å². The molecule has 3 aliphatic heterocycles. The minimum absolute atomic E-state index is 0.0702. The Bertz CT molecular complexity index is 823. The summed E-state index contributed by atoms with van der Waals surface area (Å²) < 4.78 is 11.8. The minimum atomic E-state index is -0.685. The third-order valence-electron chi connectivity index (χ3n) is 8.76. The van der Waals surface area contributed by atoms with Crippen LogP contribution in [0.2, 0.25) is 0 Å². The molecule has 0 aliphatic carbocycles. The van der Waals surface area contributed by atoms with E-state index < -0.39 is 21.9 Å². The molecule has 0 radical (unpaired) electrons. The monoisotopic (exact) mass is 540 g/mol. The maximum absolute atomic E-state index is 13.0. The Morgan fingerprint density at radius 3 is 2.24 bits per heavy atom. The molecule has 9 nitrogen and oxygen atoms in total. The minimum Gasteiger partial charge on any atom is -0.784 e. The highest BCUT2D eigenvalue weighted by atomic mass is 32.2. The van der Waals surface area contributed by atoms with E-state index in [2.05, 4.69) is 10.2 Å². The summed E-state index contributed by atoms with van der Waals surface area (Å²) in [7, 11) is 3.05. The molecule has 214 valence electrons. The largest absolute Gasteiger partial charge is 0.784 e. The predicted molar refractivity (Wildman–Crippen MR) is 149 cm³/mol. The second-order valence-corrected chi connectivity index (χ2v) is 14.1. The van der Waals surface area contributed by atoms with Crippen molar-refractivity contribution in [2.75, 3.05) is 51.9 Å². The first-order valence-electron chi connectivity index (χ1n) is 14.1. The van der Waals surface area contributed by atoms with Gasteiger partial charge in [0.05, 0.1) is 5.92 Å². The van der Waals surface area contributed by atoms with E-state index in [9.17, 15) is 19.0 Å². The zero-order valence-corrected chi connectivity index (χ0v) is 24.8. The smallest absolute Gasteiger partial charge is 0.227 e. The van der Waals surface area contributed by atoms with Crippen LogP contribution in [0, 0.1) is 11.1 Å². The second-order valence-electron chi connectivity index (χ2n) is 12.6. The van der Waals surface area contributed by atoms with E-state index >= 15 is 0 Å². The molecule has 1 N–H and O–H groups in total. The number of nitrogens with one attached hydrogen (secondary N) is 1. The lowest BCUT2D eigenvalue weighted by Crippen LogP contribution is -2.48. The van der Waals surface area contributed by atoms with Gasteiger partial charge in [0, 0.05) is 85.7 Å². The fraction of sp³-hybridized carbons (Fsp3) is 0.926. The van der Waals surface area contributed by atoms with E-state index in [1.165, 1.54) is 0 Å². The van der Waals surface area contributed by atoms with Gasteiger partial charge in [0.2, 0.25) is 11.8 Å². The average molecular weight is 541 g/mol. The summed E-state index contributed by atoms with van der Waals surface area (Å²) in [4.78, 5) is 31.5. The van der Waals surface area contributed by atoms with Crippen LogP contribution in [0.15, 0.2) is 0 Å². The Balaban J connectivity index is 1.22. The highest BCUT2D eigenvalue weighted by Crippen LogP contribution is 2.44. The first-order chi connectivity index (χ1) is 17.3. The van der Waals surface area contributed by atoms with E-state index in [1.807, 2.05) is 46.7 Å². The van der Waals surface area contributed by atoms with Crippen molar-refractivity contribution in [1.29, 1.82) is 0 Å². The maximum Gasteiger partial charge on any atom is 0.227 e. The van der Waals surface area contributed by atoms with E-state index in [0.717, 1.165) is 74.9 Å². The molecule has 2 amide bonds. The van der Waals surface area contributed by atoms with E-state index in [1.54, 1.807) is 4.90 Å². The third kappa shape index (κ3) is 7.53. The predicted octanol–water partition coefficient (Wildman–Crippen LogP) is 2.37. The summed E-state index contributed by atoms with van der Waals surface area (Å²) in [6.45, 7) is 10.9. The number of carbonyl (C=O) groups is 2. The van der Waals surface area contributed by atoms with Crippen LogP contribution in [0.3, 0.4) is 0 Å². The Morgan fingerprint density at radius 2 is 1.62 bits per heavy atom. The van der Waals surface area contributed by atoms with Crippen LogP contribution in [-0.4, -0.2) is 111 Å². The molecule has 0 aromatic heterocycles. The molecule has 0 saturated carbocycles. The van der Waals surface area contributed by atoms with Crippen molar-refractivity contribution < 1.29 is 13.8 Å². The molecule has 0 aromatic carbocycles. The van der Waals surface area contributed by atoms with Gasteiger partial charge >= 0.3 is 0 Å². The molecule has 3 saturated heterocycles. The van der Waals surface area contributed by atoms with Crippen molar-refractivity contribution in [3.63, 3.8) is 0 Å². The molecule has 0 aromatic rings. The number of amides is 2. The van der Waals surface area contributed by atoms with Gasteiger partial charge < -0.3 is 20.1 Å². The van der Waals surface area contributed by atoms with Crippen molar-refractivity contribution >= 4 is 22.6 Å². The Morgan fingerprint density at radius 1 is 0.973 bits per heavy atom. The number of unbranched alkanes of at least 4 members (excludes halogenated alkanes) is 4. The molecule has 3 heterocycles. The molecule has 3 aliphatic rings. The Hall–Kier alpha value is -1.07. The number of hydrogen-bond donors (Lipinski definition) is 1. The molecule has 37 heavy (non-hydrogen) atoms. The van der Waals surface area contributed by atoms with Gasteiger partial charge in [-0.3, -0.25) is 24.0 Å². The molecular weight excluding hydrogens is 490 g/mol. The summed E-state index contributed by atoms with van der Waals surface area (Å²) in [6.07, 6.45) is 7.00. The van der Waals surface area contributed by atoms with Crippen LogP contribution >= 0.6 is 0 Å². The second kappa shape index (κ2) is 12.9. The van der Waals surface area contributed by atoms with Gasteiger partial charge in [0.15, 0.2) is 0 Å². The van der Waals surface area contributed by atoms with Crippen molar-refractivity contribution in [1.82, 2.24) is 25.1 Å². The summed E-state index contributed by atoms with van der Waals surface area (Å²) in [5.41, 5.74) is -1.20. The molecule has 3 fully saturated rings. The third-order valence-corrected chi connectivity index (χ3v) is 10.2. The summed E-state index contributed by atoms with van der Waals surface area (Å²) in [5.74, 6) is 1.56. The van der Waals surface area contributed by atoms with Crippen LogP contribution < -0.4 is 5.32 Å². The maximum atomic E-state index is 13.0. The molecule has 0 bridgehead atoms. The molecule has 4 atom stereocenters. The lowest BCUT2D eigenvalue weighted by molar-refractivity contribution is -0.136. The average Bonchev–Trinajstić information content (AvgIpc) is 3.44. The Kier molecular flexibility index (Phi) is 10.6. The topological polar surface area (TPSA) is 99.3 Å². The van der Waals surface area contributed by atoms with Crippen LogP contribution in [0.25, 0.3) is 0 Å². The van der Waals surface area contributed by atoms with Gasteiger partial charge in [-0.05, 0) is 66.3 Å². The van der Waals surface area contributed by atoms with Crippen LogP contribution in [0.1, 0.15) is 79.1 Å². The fourth-order valence-electron chi connectivity index (χ4n) is 6.32. The van der Waals surface area contributed by atoms with Gasteiger partial charge in [-0.15, -0.1) is 0 Å². The molecule has 2 unspecified atom stereocenters. The molecule has 10 heteroatoms. The zero-order chi connectivity index (χ0) is 27.4. The number of fused-ring (bicyclic) bond motifs is 1. The number of hydrogen-bond acceptors (Lipinski definition) is 7. The highest BCUT2D eigenvalue weighted by molar-refractivity contribution is 7.85.